The van der Waals surface area contributed by atoms with E-state index >= 15 is 0 Å². The van der Waals surface area contributed by atoms with Gasteiger partial charge in [0.25, 0.3) is 0 Å². The fourth-order valence-electron chi connectivity index (χ4n) is 2.60. The molecule has 1 amide bonds. The summed E-state index contributed by atoms with van der Waals surface area (Å²) in [6, 6.07) is 10.6. The van der Waals surface area contributed by atoms with Gasteiger partial charge in [0.15, 0.2) is 0 Å². The highest BCUT2D eigenvalue weighted by Gasteiger charge is 2.22. The molecule has 0 unspecified atom stereocenters. The van der Waals surface area contributed by atoms with Crippen molar-refractivity contribution in [3.8, 4) is 11.1 Å². The number of amides is 1. The number of rotatable bonds is 1. The molecule has 102 valence electrons. The molecule has 3 rings (SSSR count). The minimum Gasteiger partial charge on any atom is -0.315 e. The average molecular weight is 395 g/mol. The van der Waals surface area contributed by atoms with Crippen molar-refractivity contribution >= 4 is 43.5 Å². The van der Waals surface area contributed by atoms with Gasteiger partial charge >= 0.3 is 0 Å². The van der Waals surface area contributed by atoms with Crippen molar-refractivity contribution in [2.75, 3.05) is 11.9 Å². The maximum absolute atomic E-state index is 11.6. The third-order valence-corrected chi connectivity index (χ3v) is 4.87. The summed E-state index contributed by atoms with van der Waals surface area (Å²) in [7, 11) is 1.80. The van der Waals surface area contributed by atoms with Gasteiger partial charge in [-0.1, -0.05) is 22.0 Å². The van der Waals surface area contributed by atoms with Crippen LogP contribution in [0.2, 0.25) is 0 Å². The molecule has 2 aromatic rings. The number of fused-ring (bicyclic) bond motifs is 3. The van der Waals surface area contributed by atoms with Gasteiger partial charge in [-0.25, -0.2) is 0 Å². The monoisotopic (exact) mass is 393 g/mol. The van der Waals surface area contributed by atoms with Crippen molar-refractivity contribution in [1.29, 1.82) is 0 Å². The van der Waals surface area contributed by atoms with Crippen LogP contribution in [-0.2, 0) is 11.2 Å². The second-order valence-electron chi connectivity index (χ2n) is 5.02. The zero-order valence-corrected chi connectivity index (χ0v) is 14.4. The Morgan fingerprint density at radius 3 is 2.50 bits per heavy atom. The third kappa shape index (κ3) is 2.21. The molecule has 0 fully saturated rings. The first-order chi connectivity index (χ1) is 9.47. The van der Waals surface area contributed by atoms with Crippen molar-refractivity contribution in [1.82, 2.24) is 0 Å². The van der Waals surface area contributed by atoms with Crippen LogP contribution in [-0.4, -0.2) is 13.0 Å². The Labute approximate surface area is 135 Å². The summed E-state index contributed by atoms with van der Waals surface area (Å²) in [5, 5.41) is 0. The molecule has 0 heterocycles. The lowest BCUT2D eigenvalue weighted by atomic mass is 10.0. The summed E-state index contributed by atoms with van der Waals surface area (Å²) in [6.45, 7) is 1.57. The molecule has 0 aliphatic heterocycles. The van der Waals surface area contributed by atoms with Crippen LogP contribution in [0, 0.1) is 0 Å². The van der Waals surface area contributed by atoms with Crippen molar-refractivity contribution in [2.45, 2.75) is 13.3 Å². The van der Waals surface area contributed by atoms with Crippen LogP contribution >= 0.6 is 31.9 Å². The quantitative estimate of drug-likeness (QED) is 0.582. The fourth-order valence-corrected chi connectivity index (χ4v) is 3.67. The molecule has 0 saturated heterocycles. The SMILES string of the molecule is CC(=O)N(C)c1cc2c(cc1Br)Cc1cc(Br)ccc1-2. The minimum absolute atomic E-state index is 0.0275. The molecule has 4 heteroatoms. The summed E-state index contributed by atoms with van der Waals surface area (Å²) in [5.74, 6) is 0.0275. The van der Waals surface area contributed by atoms with Crippen LogP contribution in [0.1, 0.15) is 18.1 Å². The lowest BCUT2D eigenvalue weighted by molar-refractivity contribution is -0.116. The van der Waals surface area contributed by atoms with Crippen molar-refractivity contribution in [2.24, 2.45) is 0 Å². The molecule has 2 aromatic carbocycles. The Balaban J connectivity index is 2.16. The maximum atomic E-state index is 11.6. The number of halogens is 2. The van der Waals surface area contributed by atoms with E-state index in [0.717, 1.165) is 21.1 Å². The van der Waals surface area contributed by atoms with Crippen LogP contribution in [0.15, 0.2) is 39.3 Å². The number of anilines is 1. The van der Waals surface area contributed by atoms with Gasteiger partial charge in [-0.15, -0.1) is 0 Å². The number of carbonyl (C=O) groups excluding carboxylic acids is 1. The Morgan fingerprint density at radius 1 is 1.10 bits per heavy atom. The van der Waals surface area contributed by atoms with Gasteiger partial charge < -0.3 is 4.90 Å². The molecule has 0 radical (unpaired) electrons. The van der Waals surface area contributed by atoms with Gasteiger partial charge in [-0.2, -0.15) is 0 Å². The summed E-state index contributed by atoms with van der Waals surface area (Å²) in [5.41, 5.74) is 6.01. The van der Waals surface area contributed by atoms with Gasteiger partial charge in [-0.05, 0) is 68.9 Å². The Bertz CT molecular complexity index is 725. The van der Waals surface area contributed by atoms with E-state index in [1.165, 1.54) is 22.3 Å². The van der Waals surface area contributed by atoms with Gasteiger partial charge in [0.1, 0.15) is 0 Å². The highest BCUT2D eigenvalue weighted by Crippen LogP contribution is 2.42. The van der Waals surface area contributed by atoms with Crippen molar-refractivity contribution in [3.63, 3.8) is 0 Å². The average Bonchev–Trinajstić information content (AvgIpc) is 2.72. The highest BCUT2D eigenvalue weighted by atomic mass is 79.9. The van der Waals surface area contributed by atoms with Gasteiger partial charge in [0.2, 0.25) is 5.91 Å². The standard InChI is InChI=1S/C16H13Br2NO/c1-9(20)19(2)16-8-14-11(7-15(16)18)5-10-6-12(17)3-4-13(10)14/h3-4,6-8H,5H2,1-2H3. The molecule has 20 heavy (non-hydrogen) atoms. The normalized spacial score (nSPS) is 12.0. The van der Waals surface area contributed by atoms with E-state index < -0.39 is 0 Å². The van der Waals surface area contributed by atoms with E-state index in [4.69, 9.17) is 0 Å². The molecule has 0 N–H and O–H groups in total. The van der Waals surface area contributed by atoms with E-state index in [9.17, 15) is 4.79 Å². The van der Waals surface area contributed by atoms with Crippen molar-refractivity contribution in [3.05, 3.63) is 50.4 Å². The molecular weight excluding hydrogens is 382 g/mol. The van der Waals surface area contributed by atoms with Crippen LogP contribution < -0.4 is 4.90 Å². The van der Waals surface area contributed by atoms with Crippen molar-refractivity contribution < 1.29 is 4.79 Å². The fraction of sp³-hybridized carbons (Fsp3) is 0.188. The predicted molar refractivity (Wildman–Crippen MR) is 89.2 cm³/mol. The molecule has 0 atom stereocenters. The maximum Gasteiger partial charge on any atom is 0.223 e. The Hall–Kier alpha value is -1.13. The zero-order valence-electron chi connectivity index (χ0n) is 11.2. The van der Waals surface area contributed by atoms with E-state index in [-0.39, 0.29) is 5.91 Å². The topological polar surface area (TPSA) is 20.3 Å². The second kappa shape index (κ2) is 5.01. The van der Waals surface area contributed by atoms with Crippen LogP contribution in [0.5, 0.6) is 0 Å². The molecule has 0 aromatic heterocycles. The van der Waals surface area contributed by atoms with E-state index in [0.29, 0.717) is 0 Å². The van der Waals surface area contributed by atoms with Crippen LogP contribution in [0.4, 0.5) is 5.69 Å². The van der Waals surface area contributed by atoms with E-state index in [1.807, 2.05) is 0 Å². The largest absolute Gasteiger partial charge is 0.315 e. The van der Waals surface area contributed by atoms with Gasteiger partial charge in [0, 0.05) is 22.9 Å². The van der Waals surface area contributed by atoms with E-state index in [1.54, 1.807) is 18.9 Å². The number of carbonyl (C=O) groups is 1. The second-order valence-corrected chi connectivity index (χ2v) is 6.79. The molecule has 0 saturated carbocycles. The summed E-state index contributed by atoms with van der Waals surface area (Å²) < 4.78 is 2.06. The highest BCUT2D eigenvalue weighted by molar-refractivity contribution is 9.10. The minimum atomic E-state index is 0.0275. The van der Waals surface area contributed by atoms with Crippen LogP contribution in [0.25, 0.3) is 11.1 Å². The Morgan fingerprint density at radius 2 is 1.80 bits per heavy atom. The summed E-state index contributed by atoms with van der Waals surface area (Å²) >= 11 is 7.09. The number of hydrogen-bond donors (Lipinski definition) is 0. The van der Waals surface area contributed by atoms with Crippen LogP contribution in [0.3, 0.4) is 0 Å². The molecule has 0 spiro atoms. The first-order valence-electron chi connectivity index (χ1n) is 6.33. The Kier molecular flexibility index (Phi) is 3.46. The molecule has 1 aliphatic rings. The molecular formula is C16H13Br2NO. The molecule has 0 bridgehead atoms. The smallest absolute Gasteiger partial charge is 0.223 e. The zero-order chi connectivity index (χ0) is 14.4. The lowest BCUT2D eigenvalue weighted by Gasteiger charge is -2.18. The number of nitrogens with zero attached hydrogens (tertiary/aromatic N) is 1. The van der Waals surface area contributed by atoms with E-state index in [2.05, 4.69) is 62.2 Å². The number of hydrogen-bond acceptors (Lipinski definition) is 1. The third-order valence-electron chi connectivity index (χ3n) is 3.74. The predicted octanol–water partition coefficient (Wildman–Crippen LogP) is 4.77. The van der Waals surface area contributed by atoms with Gasteiger partial charge in [-0.3, -0.25) is 4.79 Å². The lowest BCUT2D eigenvalue weighted by Crippen LogP contribution is -2.23. The molecule has 1 aliphatic carbocycles. The first kappa shape index (κ1) is 13.8. The number of benzene rings is 2. The summed E-state index contributed by atoms with van der Waals surface area (Å²) in [6.07, 6.45) is 0.937. The molecule has 2 nitrogen and oxygen atoms in total. The first-order valence-corrected chi connectivity index (χ1v) is 7.91. The van der Waals surface area contributed by atoms with Gasteiger partial charge in [0.05, 0.1) is 5.69 Å². The summed E-state index contributed by atoms with van der Waals surface area (Å²) in [4.78, 5) is 13.3.